The molecule has 0 aliphatic carbocycles. The Balaban J connectivity index is 1.69. The predicted molar refractivity (Wildman–Crippen MR) is 101 cm³/mol. The predicted octanol–water partition coefficient (Wildman–Crippen LogP) is 2.54. The number of hydrogen-bond donors (Lipinski definition) is 3. The first kappa shape index (κ1) is 18.0. The van der Waals surface area contributed by atoms with Gasteiger partial charge in [0.2, 0.25) is 0 Å². The van der Waals surface area contributed by atoms with Gasteiger partial charge in [-0.05, 0) is 23.8 Å². The van der Waals surface area contributed by atoms with Crippen LogP contribution in [0.1, 0.15) is 15.9 Å². The van der Waals surface area contributed by atoms with E-state index in [1.54, 1.807) is 19.2 Å². The Labute approximate surface area is 150 Å². The van der Waals surface area contributed by atoms with E-state index in [4.69, 9.17) is 0 Å². The SMILES string of the molecule is CN=C(NCCNC(=O)c1cccc(Br)c1)NCc1ccccc1. The number of rotatable bonds is 6. The molecule has 1 amide bonds. The number of amides is 1. The lowest BCUT2D eigenvalue weighted by atomic mass is 10.2. The van der Waals surface area contributed by atoms with E-state index < -0.39 is 0 Å². The number of nitrogens with zero attached hydrogens (tertiary/aromatic N) is 1. The maximum Gasteiger partial charge on any atom is 0.251 e. The number of aliphatic imine (C=N–C) groups is 1. The van der Waals surface area contributed by atoms with E-state index >= 15 is 0 Å². The maximum atomic E-state index is 12.0. The summed E-state index contributed by atoms with van der Waals surface area (Å²) in [5.74, 6) is 0.612. The van der Waals surface area contributed by atoms with Gasteiger partial charge in [0, 0.05) is 36.7 Å². The van der Waals surface area contributed by atoms with Gasteiger partial charge >= 0.3 is 0 Å². The van der Waals surface area contributed by atoms with Gasteiger partial charge in [-0.1, -0.05) is 52.3 Å². The van der Waals surface area contributed by atoms with Gasteiger partial charge in [-0.2, -0.15) is 0 Å². The van der Waals surface area contributed by atoms with Crippen LogP contribution in [0.4, 0.5) is 0 Å². The van der Waals surface area contributed by atoms with E-state index in [1.807, 2.05) is 30.3 Å². The minimum atomic E-state index is -0.0923. The summed E-state index contributed by atoms with van der Waals surface area (Å²) in [4.78, 5) is 16.2. The Hall–Kier alpha value is -2.34. The first-order chi connectivity index (χ1) is 11.7. The van der Waals surface area contributed by atoms with E-state index in [-0.39, 0.29) is 5.91 Å². The number of hydrogen-bond acceptors (Lipinski definition) is 2. The molecule has 0 atom stereocenters. The summed E-state index contributed by atoms with van der Waals surface area (Å²) in [6.45, 7) is 1.80. The van der Waals surface area contributed by atoms with Gasteiger partial charge in [0.25, 0.3) is 5.91 Å². The highest BCUT2D eigenvalue weighted by atomic mass is 79.9. The molecule has 24 heavy (non-hydrogen) atoms. The molecule has 0 aliphatic heterocycles. The third kappa shape index (κ3) is 6.04. The van der Waals surface area contributed by atoms with Crippen molar-refractivity contribution >= 4 is 27.8 Å². The summed E-state index contributed by atoms with van der Waals surface area (Å²) < 4.78 is 0.888. The summed E-state index contributed by atoms with van der Waals surface area (Å²) in [5, 5.41) is 9.28. The molecule has 0 heterocycles. The zero-order valence-electron chi connectivity index (χ0n) is 13.6. The fourth-order valence-electron chi connectivity index (χ4n) is 2.09. The van der Waals surface area contributed by atoms with Crippen LogP contribution in [-0.2, 0) is 6.54 Å². The van der Waals surface area contributed by atoms with Crippen LogP contribution in [-0.4, -0.2) is 32.0 Å². The number of guanidine groups is 1. The molecular weight excluding hydrogens is 368 g/mol. The van der Waals surface area contributed by atoms with Gasteiger partial charge in [-0.25, -0.2) is 0 Å². The Morgan fingerprint density at radius 1 is 1.00 bits per heavy atom. The molecule has 5 nitrogen and oxygen atoms in total. The number of nitrogens with one attached hydrogen (secondary N) is 3. The zero-order chi connectivity index (χ0) is 17.2. The van der Waals surface area contributed by atoms with Crippen molar-refractivity contribution in [3.63, 3.8) is 0 Å². The Morgan fingerprint density at radius 3 is 2.46 bits per heavy atom. The zero-order valence-corrected chi connectivity index (χ0v) is 15.1. The molecular formula is C18H21BrN4O. The summed E-state index contributed by atoms with van der Waals surface area (Å²) in [7, 11) is 1.72. The number of halogens is 1. The van der Waals surface area contributed by atoms with Crippen LogP contribution in [0.3, 0.4) is 0 Å². The fraction of sp³-hybridized carbons (Fsp3) is 0.222. The van der Waals surface area contributed by atoms with E-state index in [0.29, 0.717) is 31.2 Å². The molecule has 0 aliphatic rings. The lowest BCUT2D eigenvalue weighted by molar-refractivity contribution is 0.0954. The first-order valence-electron chi connectivity index (χ1n) is 7.71. The fourth-order valence-corrected chi connectivity index (χ4v) is 2.49. The lowest BCUT2D eigenvalue weighted by Gasteiger charge is -2.12. The summed E-state index contributed by atoms with van der Waals surface area (Å²) in [6, 6.07) is 17.4. The monoisotopic (exact) mass is 388 g/mol. The minimum absolute atomic E-state index is 0.0923. The van der Waals surface area contributed by atoms with E-state index in [2.05, 4.69) is 49.0 Å². The number of carbonyl (C=O) groups is 1. The molecule has 2 rings (SSSR count). The van der Waals surface area contributed by atoms with E-state index in [9.17, 15) is 4.79 Å². The number of carbonyl (C=O) groups excluding carboxylic acids is 1. The molecule has 0 radical (unpaired) electrons. The van der Waals surface area contributed by atoms with E-state index in [0.717, 1.165) is 4.47 Å². The van der Waals surface area contributed by atoms with Crippen molar-refractivity contribution < 1.29 is 4.79 Å². The van der Waals surface area contributed by atoms with E-state index in [1.165, 1.54) is 5.56 Å². The molecule has 6 heteroatoms. The van der Waals surface area contributed by atoms with Gasteiger partial charge < -0.3 is 16.0 Å². The van der Waals surface area contributed by atoms with Gasteiger partial charge in [0.1, 0.15) is 0 Å². The summed E-state index contributed by atoms with van der Waals surface area (Å²) in [6.07, 6.45) is 0. The van der Waals surface area contributed by atoms with Gasteiger partial charge in [0.15, 0.2) is 5.96 Å². The van der Waals surface area contributed by atoms with Crippen LogP contribution in [0.15, 0.2) is 64.1 Å². The molecule has 2 aromatic carbocycles. The van der Waals surface area contributed by atoms with Crippen LogP contribution in [0, 0.1) is 0 Å². The molecule has 0 bridgehead atoms. The standard InChI is InChI=1S/C18H21BrN4O/c1-20-18(23-13-14-6-3-2-4-7-14)22-11-10-21-17(24)15-8-5-9-16(19)12-15/h2-9,12H,10-11,13H2,1H3,(H,21,24)(H2,20,22,23). The van der Waals surface area contributed by atoms with Crippen molar-refractivity contribution in [1.29, 1.82) is 0 Å². The van der Waals surface area contributed by atoms with Crippen molar-refractivity contribution in [3.8, 4) is 0 Å². The molecule has 0 aromatic heterocycles. The van der Waals surface area contributed by atoms with Crippen molar-refractivity contribution in [2.45, 2.75) is 6.54 Å². The Morgan fingerprint density at radius 2 is 1.75 bits per heavy atom. The topological polar surface area (TPSA) is 65.5 Å². The normalized spacial score (nSPS) is 11.0. The van der Waals surface area contributed by atoms with Crippen LogP contribution in [0.5, 0.6) is 0 Å². The van der Waals surface area contributed by atoms with Crippen molar-refractivity contribution in [2.75, 3.05) is 20.1 Å². The van der Waals surface area contributed by atoms with Crippen LogP contribution >= 0.6 is 15.9 Å². The third-order valence-electron chi connectivity index (χ3n) is 3.32. The molecule has 2 aromatic rings. The third-order valence-corrected chi connectivity index (χ3v) is 3.81. The minimum Gasteiger partial charge on any atom is -0.355 e. The van der Waals surface area contributed by atoms with Crippen molar-refractivity contribution in [3.05, 3.63) is 70.2 Å². The molecule has 0 fully saturated rings. The summed E-state index contributed by atoms with van der Waals surface area (Å²) >= 11 is 3.36. The second-order valence-electron chi connectivity index (χ2n) is 5.10. The van der Waals surface area contributed by atoms with Crippen molar-refractivity contribution in [2.24, 2.45) is 4.99 Å². The highest BCUT2D eigenvalue weighted by Gasteiger charge is 2.05. The molecule has 0 unspecified atom stereocenters. The Bertz CT molecular complexity index is 688. The molecule has 0 saturated carbocycles. The molecule has 0 spiro atoms. The average Bonchev–Trinajstić information content (AvgIpc) is 2.61. The second kappa shape index (κ2) is 9.72. The number of benzene rings is 2. The Kier molecular flexibility index (Phi) is 7.29. The average molecular weight is 389 g/mol. The quantitative estimate of drug-likeness (QED) is 0.404. The van der Waals surface area contributed by atoms with Gasteiger partial charge in [0.05, 0.1) is 0 Å². The molecule has 126 valence electrons. The highest BCUT2D eigenvalue weighted by molar-refractivity contribution is 9.10. The smallest absolute Gasteiger partial charge is 0.251 e. The van der Waals surface area contributed by atoms with Gasteiger partial charge in [-0.15, -0.1) is 0 Å². The maximum absolute atomic E-state index is 12.0. The summed E-state index contributed by atoms with van der Waals surface area (Å²) in [5.41, 5.74) is 1.82. The van der Waals surface area contributed by atoms with Gasteiger partial charge in [-0.3, -0.25) is 9.79 Å². The van der Waals surface area contributed by atoms with Crippen LogP contribution in [0.25, 0.3) is 0 Å². The first-order valence-corrected chi connectivity index (χ1v) is 8.50. The largest absolute Gasteiger partial charge is 0.355 e. The van der Waals surface area contributed by atoms with Crippen LogP contribution in [0.2, 0.25) is 0 Å². The molecule has 3 N–H and O–H groups in total. The second-order valence-corrected chi connectivity index (χ2v) is 6.02. The van der Waals surface area contributed by atoms with Crippen LogP contribution < -0.4 is 16.0 Å². The highest BCUT2D eigenvalue weighted by Crippen LogP contribution is 2.11. The van der Waals surface area contributed by atoms with Crippen molar-refractivity contribution in [1.82, 2.24) is 16.0 Å². The lowest BCUT2D eigenvalue weighted by Crippen LogP contribution is -2.41. The molecule has 0 saturated heterocycles.